The molecule has 0 aliphatic rings. The Balaban J connectivity index is 2.47. The van der Waals surface area contributed by atoms with Crippen LogP contribution in [0.3, 0.4) is 0 Å². The topological polar surface area (TPSA) is 105 Å². The van der Waals surface area contributed by atoms with Gasteiger partial charge in [0.2, 0.25) is 5.91 Å². The van der Waals surface area contributed by atoms with Gasteiger partial charge in [-0.25, -0.2) is 14.0 Å². The van der Waals surface area contributed by atoms with E-state index in [1.165, 1.54) is 13.1 Å². The molecule has 1 aromatic carbocycles. The van der Waals surface area contributed by atoms with E-state index in [1.54, 1.807) is 0 Å². The van der Waals surface area contributed by atoms with Crippen LogP contribution in [0.25, 0.3) is 0 Å². The average Bonchev–Trinajstić information content (AvgIpc) is 2.38. The lowest BCUT2D eigenvalue weighted by atomic mass is 10.2. The van der Waals surface area contributed by atoms with E-state index in [0.717, 1.165) is 12.1 Å². The minimum absolute atomic E-state index is 0.0747. The molecule has 0 aromatic heterocycles. The summed E-state index contributed by atoms with van der Waals surface area (Å²) >= 11 is 0. The lowest BCUT2D eigenvalue weighted by Gasteiger charge is -2.07. The predicted octanol–water partition coefficient (Wildman–Crippen LogP) is 0.748. The summed E-state index contributed by atoms with van der Waals surface area (Å²) in [6.45, 7) is -0.0747. The van der Waals surface area contributed by atoms with Gasteiger partial charge in [-0.1, -0.05) is 0 Å². The van der Waals surface area contributed by atoms with Gasteiger partial charge in [-0.15, -0.1) is 0 Å². The molecule has 0 spiro atoms. The van der Waals surface area contributed by atoms with Crippen molar-refractivity contribution in [1.82, 2.24) is 10.6 Å². The Morgan fingerprint density at radius 2 is 2.05 bits per heavy atom. The first-order chi connectivity index (χ1) is 9.43. The van der Waals surface area contributed by atoms with Gasteiger partial charge in [-0.2, -0.15) is 0 Å². The summed E-state index contributed by atoms with van der Waals surface area (Å²) in [7, 11) is 1.37. The van der Waals surface area contributed by atoms with E-state index >= 15 is 0 Å². The van der Waals surface area contributed by atoms with Gasteiger partial charge in [-0.05, 0) is 12.1 Å². The van der Waals surface area contributed by atoms with E-state index in [9.17, 15) is 18.8 Å². The highest BCUT2D eigenvalue weighted by Gasteiger charge is 2.11. The Morgan fingerprint density at radius 3 is 2.60 bits per heavy atom. The number of imide groups is 1. The van der Waals surface area contributed by atoms with E-state index in [-0.39, 0.29) is 18.8 Å². The number of hydrogen-bond donors (Lipinski definition) is 3. The second-order valence-corrected chi connectivity index (χ2v) is 3.67. The zero-order chi connectivity index (χ0) is 15.1. The van der Waals surface area contributed by atoms with Gasteiger partial charge in [0.1, 0.15) is 11.6 Å². The summed E-state index contributed by atoms with van der Waals surface area (Å²) in [5, 5.41) is 12.9. The molecule has 8 heteroatoms. The number of halogens is 1. The van der Waals surface area contributed by atoms with Crippen molar-refractivity contribution in [2.45, 2.75) is 6.42 Å². The zero-order valence-electron chi connectivity index (χ0n) is 10.6. The molecular weight excluding hydrogens is 271 g/mol. The third-order valence-corrected chi connectivity index (χ3v) is 2.25. The van der Waals surface area contributed by atoms with E-state index in [4.69, 9.17) is 9.84 Å². The van der Waals surface area contributed by atoms with Crippen LogP contribution in [0.5, 0.6) is 5.75 Å². The van der Waals surface area contributed by atoms with Crippen LogP contribution in [0.1, 0.15) is 16.8 Å². The third-order valence-electron chi connectivity index (χ3n) is 2.25. The Kier molecular flexibility index (Phi) is 5.45. The van der Waals surface area contributed by atoms with Crippen molar-refractivity contribution in [3.63, 3.8) is 0 Å². The maximum atomic E-state index is 13.3. The molecule has 0 saturated heterocycles. The number of carbonyl (C=O) groups excluding carboxylic acids is 2. The first-order valence-corrected chi connectivity index (χ1v) is 5.61. The van der Waals surface area contributed by atoms with Gasteiger partial charge in [0.05, 0.1) is 18.6 Å². The molecule has 0 bridgehead atoms. The second-order valence-electron chi connectivity index (χ2n) is 3.67. The summed E-state index contributed by atoms with van der Waals surface area (Å²) in [4.78, 5) is 32.6. The van der Waals surface area contributed by atoms with Crippen LogP contribution >= 0.6 is 0 Å². The highest BCUT2D eigenvalue weighted by molar-refractivity contribution is 5.94. The number of nitrogens with one attached hydrogen (secondary N) is 2. The summed E-state index contributed by atoms with van der Waals surface area (Å²) < 4.78 is 18.4. The summed E-state index contributed by atoms with van der Waals surface area (Å²) in [5.41, 5.74) is -0.463. The van der Waals surface area contributed by atoms with Crippen molar-refractivity contribution in [1.29, 1.82) is 0 Å². The fourth-order valence-corrected chi connectivity index (χ4v) is 1.27. The smallest absolute Gasteiger partial charge is 0.338 e. The highest BCUT2D eigenvalue weighted by atomic mass is 19.1. The number of carboxylic acid groups (broad SMARTS) is 1. The monoisotopic (exact) mass is 284 g/mol. The molecule has 0 fully saturated rings. The van der Waals surface area contributed by atoms with E-state index in [1.807, 2.05) is 5.32 Å². The van der Waals surface area contributed by atoms with Crippen LogP contribution in [0.2, 0.25) is 0 Å². The fourth-order valence-electron chi connectivity index (χ4n) is 1.27. The Bertz CT molecular complexity index is 533. The molecular formula is C12H13FN2O5. The normalized spacial score (nSPS) is 9.70. The molecule has 108 valence electrons. The quantitative estimate of drug-likeness (QED) is 0.740. The van der Waals surface area contributed by atoms with Crippen LogP contribution in [-0.2, 0) is 4.79 Å². The maximum Gasteiger partial charge on any atom is 0.338 e. The number of urea groups is 1. The lowest BCUT2D eigenvalue weighted by molar-refractivity contribution is -0.120. The molecule has 0 unspecified atom stereocenters. The van der Waals surface area contributed by atoms with Gasteiger partial charge in [-0.3, -0.25) is 10.1 Å². The molecule has 20 heavy (non-hydrogen) atoms. The number of carbonyl (C=O) groups is 3. The SMILES string of the molecule is CNC(=O)NC(=O)CCOc1ccc(C(=O)O)c(F)c1. The molecule has 0 saturated carbocycles. The van der Waals surface area contributed by atoms with Crippen molar-refractivity contribution >= 4 is 17.9 Å². The van der Waals surface area contributed by atoms with E-state index in [0.29, 0.717) is 0 Å². The zero-order valence-corrected chi connectivity index (χ0v) is 10.6. The van der Waals surface area contributed by atoms with Crippen molar-refractivity contribution in [3.05, 3.63) is 29.6 Å². The number of amides is 3. The number of benzene rings is 1. The number of ether oxygens (including phenoxy) is 1. The number of hydrogen-bond acceptors (Lipinski definition) is 4. The standard InChI is InChI=1S/C12H13FN2O5/c1-14-12(19)15-10(16)4-5-20-7-2-3-8(11(17)18)9(13)6-7/h2-3,6H,4-5H2,1H3,(H,17,18)(H2,14,15,16,19). The molecule has 1 aromatic rings. The van der Waals surface area contributed by atoms with Crippen molar-refractivity contribution in [3.8, 4) is 5.75 Å². The molecule has 0 heterocycles. The van der Waals surface area contributed by atoms with Gasteiger partial charge in [0.25, 0.3) is 0 Å². The molecule has 3 N–H and O–H groups in total. The molecule has 0 atom stereocenters. The van der Waals surface area contributed by atoms with Crippen molar-refractivity contribution in [2.75, 3.05) is 13.7 Å². The van der Waals surface area contributed by atoms with Crippen LogP contribution in [0.4, 0.5) is 9.18 Å². The van der Waals surface area contributed by atoms with Gasteiger partial charge in [0, 0.05) is 13.1 Å². The lowest BCUT2D eigenvalue weighted by Crippen LogP contribution is -2.37. The molecule has 3 amide bonds. The number of carboxylic acids is 1. The summed E-state index contributed by atoms with van der Waals surface area (Å²) in [6.07, 6.45) is -0.101. The largest absolute Gasteiger partial charge is 0.493 e. The molecule has 0 aliphatic carbocycles. The van der Waals surface area contributed by atoms with E-state index in [2.05, 4.69) is 5.32 Å². The Hall–Kier alpha value is -2.64. The van der Waals surface area contributed by atoms with Crippen molar-refractivity contribution in [2.24, 2.45) is 0 Å². The minimum atomic E-state index is -1.38. The summed E-state index contributed by atoms with van der Waals surface area (Å²) in [6, 6.07) is 2.63. The molecule has 7 nitrogen and oxygen atoms in total. The third kappa shape index (κ3) is 4.56. The average molecular weight is 284 g/mol. The van der Waals surface area contributed by atoms with Crippen LogP contribution in [0.15, 0.2) is 18.2 Å². The first kappa shape index (κ1) is 15.4. The summed E-state index contributed by atoms with van der Waals surface area (Å²) in [5.74, 6) is -2.75. The number of aromatic carboxylic acids is 1. The second kappa shape index (κ2) is 7.07. The van der Waals surface area contributed by atoms with E-state index < -0.39 is 29.3 Å². The fraction of sp³-hybridized carbons (Fsp3) is 0.250. The first-order valence-electron chi connectivity index (χ1n) is 5.61. The van der Waals surface area contributed by atoms with Gasteiger partial charge < -0.3 is 15.2 Å². The predicted molar refractivity (Wildman–Crippen MR) is 66.1 cm³/mol. The van der Waals surface area contributed by atoms with Crippen molar-refractivity contribution < 1.29 is 28.6 Å². The Morgan fingerprint density at radius 1 is 1.35 bits per heavy atom. The van der Waals surface area contributed by atoms with Crippen LogP contribution < -0.4 is 15.4 Å². The Labute approximate surface area is 113 Å². The minimum Gasteiger partial charge on any atom is -0.493 e. The molecule has 0 radical (unpaired) electrons. The highest BCUT2D eigenvalue weighted by Crippen LogP contribution is 2.16. The van der Waals surface area contributed by atoms with Crippen LogP contribution in [0, 0.1) is 5.82 Å². The molecule has 0 aliphatic heterocycles. The van der Waals surface area contributed by atoms with Crippen LogP contribution in [-0.4, -0.2) is 36.7 Å². The molecule has 1 rings (SSSR count). The van der Waals surface area contributed by atoms with Gasteiger partial charge in [0.15, 0.2) is 0 Å². The number of rotatable bonds is 5. The maximum absolute atomic E-state index is 13.3. The van der Waals surface area contributed by atoms with Gasteiger partial charge >= 0.3 is 12.0 Å².